The monoisotopic (exact) mass is 197 g/mol. The summed E-state index contributed by atoms with van der Waals surface area (Å²) in [5.41, 5.74) is 1.13. The van der Waals surface area contributed by atoms with Crippen LogP contribution in [0.25, 0.3) is 0 Å². The molecule has 0 amide bonds. The summed E-state index contributed by atoms with van der Waals surface area (Å²) >= 11 is 0. The van der Waals surface area contributed by atoms with Gasteiger partial charge in [0.15, 0.2) is 0 Å². The Labute approximate surface area is 85.1 Å². The second-order valence-electron chi connectivity index (χ2n) is 4.58. The van der Waals surface area contributed by atoms with Crippen LogP contribution in [0.1, 0.15) is 46.5 Å². The van der Waals surface area contributed by atoms with E-state index in [2.05, 4.69) is 27.2 Å². The quantitative estimate of drug-likeness (QED) is 0.455. The van der Waals surface area contributed by atoms with Crippen molar-refractivity contribution in [3.05, 3.63) is 6.42 Å². The molecule has 0 bridgehead atoms. The molecule has 0 aliphatic heterocycles. The van der Waals surface area contributed by atoms with Gasteiger partial charge in [-0.1, -0.05) is 38.9 Å². The van der Waals surface area contributed by atoms with Gasteiger partial charge in [-0.25, -0.2) is 0 Å². The predicted octanol–water partition coefficient (Wildman–Crippen LogP) is 4.64. The molecular formula is C12H25Si+. The van der Waals surface area contributed by atoms with Crippen LogP contribution in [0, 0.1) is 6.42 Å². The van der Waals surface area contributed by atoms with Crippen LogP contribution in [-0.2, 0) is 0 Å². The van der Waals surface area contributed by atoms with Crippen LogP contribution in [0.5, 0.6) is 0 Å². The second-order valence-corrected chi connectivity index (χ2v) is 10.2. The van der Waals surface area contributed by atoms with Crippen molar-refractivity contribution in [2.24, 2.45) is 0 Å². The molecule has 1 aliphatic carbocycles. The molecule has 1 aliphatic rings. The normalized spacial score (nSPS) is 24.1. The first-order valence-electron chi connectivity index (χ1n) is 6.10. The van der Waals surface area contributed by atoms with Crippen molar-refractivity contribution in [2.45, 2.75) is 70.1 Å². The Morgan fingerprint density at radius 3 is 2.15 bits per heavy atom. The Balaban J connectivity index is 2.60. The maximum Gasteiger partial charge on any atom is 0.0880 e. The highest BCUT2D eigenvalue weighted by atomic mass is 28.3. The highest BCUT2D eigenvalue weighted by Crippen LogP contribution is 2.42. The number of hydrogen-bond acceptors (Lipinski definition) is 0. The molecule has 0 aromatic rings. The van der Waals surface area contributed by atoms with E-state index in [1.165, 1.54) is 43.8 Å². The topological polar surface area (TPSA) is 0 Å². The van der Waals surface area contributed by atoms with Gasteiger partial charge in [-0.2, -0.15) is 0 Å². The van der Waals surface area contributed by atoms with Crippen LogP contribution in [0.15, 0.2) is 0 Å². The van der Waals surface area contributed by atoms with Crippen LogP contribution in [0.3, 0.4) is 0 Å². The van der Waals surface area contributed by atoms with Gasteiger partial charge in [0, 0.05) is 0 Å². The van der Waals surface area contributed by atoms with Crippen molar-refractivity contribution >= 4 is 8.07 Å². The zero-order valence-electron chi connectivity index (χ0n) is 9.60. The average molecular weight is 197 g/mol. The van der Waals surface area contributed by atoms with Crippen molar-refractivity contribution in [3.63, 3.8) is 0 Å². The standard InChI is InChI=1S/C12H25Si/c1-4-13(5-2,6-3)12-10-8-7-9-11-12/h8,12H,4-7,9-11H2,1-3H3/q+1/t12-/m1/s1. The zero-order chi connectivity index (χ0) is 9.73. The minimum atomic E-state index is -0.848. The van der Waals surface area contributed by atoms with E-state index >= 15 is 0 Å². The fourth-order valence-corrected chi connectivity index (χ4v) is 7.83. The van der Waals surface area contributed by atoms with E-state index in [0.717, 1.165) is 5.54 Å². The smallest absolute Gasteiger partial charge is 0.0678 e. The van der Waals surface area contributed by atoms with Gasteiger partial charge < -0.3 is 0 Å². The van der Waals surface area contributed by atoms with Crippen LogP contribution >= 0.6 is 0 Å². The molecule has 0 unspecified atom stereocenters. The Morgan fingerprint density at radius 2 is 1.77 bits per heavy atom. The highest BCUT2D eigenvalue weighted by Gasteiger charge is 2.39. The highest BCUT2D eigenvalue weighted by molar-refractivity contribution is 6.81. The third kappa shape index (κ3) is 2.31. The van der Waals surface area contributed by atoms with Gasteiger partial charge in [0.1, 0.15) is 0 Å². The van der Waals surface area contributed by atoms with Gasteiger partial charge in [-0.15, -0.1) is 0 Å². The summed E-state index contributed by atoms with van der Waals surface area (Å²) in [4.78, 5) is 0. The Kier molecular flexibility index (Phi) is 4.37. The van der Waals surface area contributed by atoms with Crippen LogP contribution in [0.4, 0.5) is 0 Å². The molecule has 0 saturated heterocycles. The third-order valence-corrected chi connectivity index (χ3v) is 10.9. The average Bonchev–Trinajstić information content (AvgIpc) is 2.23. The summed E-state index contributed by atoms with van der Waals surface area (Å²) in [6.45, 7) is 7.31. The van der Waals surface area contributed by atoms with Gasteiger partial charge in [0.25, 0.3) is 0 Å². The maximum atomic E-state index is 2.55. The van der Waals surface area contributed by atoms with E-state index < -0.39 is 8.07 Å². The third-order valence-electron chi connectivity index (χ3n) is 4.39. The van der Waals surface area contributed by atoms with E-state index in [1.54, 1.807) is 0 Å². The molecule has 0 heterocycles. The summed E-state index contributed by atoms with van der Waals surface area (Å²) in [6, 6.07) is 4.54. The summed E-state index contributed by atoms with van der Waals surface area (Å²) in [7, 11) is -0.848. The molecule has 1 fully saturated rings. The van der Waals surface area contributed by atoms with E-state index in [1.807, 2.05) is 0 Å². The zero-order valence-corrected chi connectivity index (χ0v) is 10.6. The summed E-state index contributed by atoms with van der Waals surface area (Å²) < 4.78 is 0. The fourth-order valence-electron chi connectivity index (χ4n) is 3.12. The summed E-state index contributed by atoms with van der Waals surface area (Å²) in [5.74, 6) is 0. The van der Waals surface area contributed by atoms with E-state index in [0.29, 0.717) is 0 Å². The lowest BCUT2D eigenvalue weighted by Crippen LogP contribution is -2.38. The molecule has 0 radical (unpaired) electrons. The fraction of sp³-hybridized carbons (Fsp3) is 0.917. The largest absolute Gasteiger partial charge is 0.0880 e. The summed E-state index contributed by atoms with van der Waals surface area (Å²) in [5, 5.41) is 0. The molecule has 76 valence electrons. The second kappa shape index (κ2) is 5.09. The first-order valence-corrected chi connectivity index (χ1v) is 8.80. The SMILES string of the molecule is CC[Si](CC)(CC)[C@@H]1C[CH+]CCC1. The number of hydrogen-bond donors (Lipinski definition) is 0. The molecule has 1 atom stereocenters. The van der Waals surface area contributed by atoms with Crippen molar-refractivity contribution in [1.29, 1.82) is 0 Å². The van der Waals surface area contributed by atoms with E-state index in [-0.39, 0.29) is 0 Å². The molecule has 0 spiro atoms. The molecule has 0 N–H and O–H groups in total. The molecule has 0 aromatic heterocycles. The molecule has 1 saturated carbocycles. The molecule has 1 heteroatoms. The van der Waals surface area contributed by atoms with Gasteiger partial charge >= 0.3 is 0 Å². The molecule has 1 rings (SSSR count). The van der Waals surface area contributed by atoms with Crippen molar-refractivity contribution in [1.82, 2.24) is 0 Å². The molecule has 0 nitrogen and oxygen atoms in total. The molecule has 0 aromatic carbocycles. The Morgan fingerprint density at radius 1 is 1.15 bits per heavy atom. The first kappa shape index (κ1) is 11.2. The van der Waals surface area contributed by atoms with Crippen molar-refractivity contribution < 1.29 is 0 Å². The first-order chi connectivity index (χ1) is 6.29. The Hall–Kier alpha value is 0.0869. The predicted molar refractivity (Wildman–Crippen MR) is 63.7 cm³/mol. The minimum absolute atomic E-state index is 0.848. The van der Waals surface area contributed by atoms with Crippen LogP contribution in [-0.4, -0.2) is 8.07 Å². The van der Waals surface area contributed by atoms with E-state index in [9.17, 15) is 0 Å². The van der Waals surface area contributed by atoms with Gasteiger partial charge in [-0.3, -0.25) is 0 Å². The molecule has 13 heavy (non-hydrogen) atoms. The minimum Gasteiger partial charge on any atom is -0.0678 e. The molecular weight excluding hydrogens is 172 g/mol. The van der Waals surface area contributed by atoms with Gasteiger partial charge in [0.05, 0.1) is 27.3 Å². The van der Waals surface area contributed by atoms with Crippen molar-refractivity contribution in [3.8, 4) is 0 Å². The van der Waals surface area contributed by atoms with E-state index in [4.69, 9.17) is 0 Å². The van der Waals surface area contributed by atoms with Gasteiger partial charge in [0.2, 0.25) is 0 Å². The summed E-state index contributed by atoms with van der Waals surface area (Å²) in [6.07, 6.45) is 8.40. The lowest BCUT2D eigenvalue weighted by Gasteiger charge is -2.36. The lowest BCUT2D eigenvalue weighted by atomic mass is 10.0. The van der Waals surface area contributed by atoms with Crippen LogP contribution in [0.2, 0.25) is 23.7 Å². The van der Waals surface area contributed by atoms with Crippen molar-refractivity contribution in [2.75, 3.05) is 0 Å². The Bertz CT molecular complexity index is 124. The van der Waals surface area contributed by atoms with Gasteiger partial charge in [-0.05, 0) is 18.4 Å². The van der Waals surface area contributed by atoms with Crippen LogP contribution < -0.4 is 0 Å². The lowest BCUT2D eigenvalue weighted by molar-refractivity contribution is 0.570. The maximum absolute atomic E-state index is 2.55. The number of rotatable bonds is 4.